The number of hydrogen-bond acceptors (Lipinski definition) is 2. The summed E-state index contributed by atoms with van der Waals surface area (Å²) in [6.07, 6.45) is -4.54. The van der Waals surface area contributed by atoms with Gasteiger partial charge in [0, 0.05) is 0 Å². The molecule has 0 aliphatic heterocycles. The van der Waals surface area contributed by atoms with Crippen molar-refractivity contribution in [1.29, 1.82) is 10.5 Å². The Morgan fingerprint density at radius 3 is 2.07 bits per heavy atom. The SMILES string of the molecule is N#CC(C#N)c1ccccc1C(F)(F)F. The topological polar surface area (TPSA) is 47.6 Å². The Morgan fingerprint density at radius 2 is 1.60 bits per heavy atom. The number of hydrogen-bond donors (Lipinski definition) is 0. The summed E-state index contributed by atoms with van der Waals surface area (Å²) in [7, 11) is 0. The molecular formula is C10H5F3N2. The van der Waals surface area contributed by atoms with Crippen molar-refractivity contribution in [1.82, 2.24) is 0 Å². The maximum atomic E-state index is 12.5. The summed E-state index contributed by atoms with van der Waals surface area (Å²) in [5.74, 6) is -1.39. The van der Waals surface area contributed by atoms with E-state index in [1.165, 1.54) is 24.3 Å². The van der Waals surface area contributed by atoms with Crippen LogP contribution in [0.2, 0.25) is 0 Å². The van der Waals surface area contributed by atoms with E-state index in [0.29, 0.717) is 0 Å². The Hall–Kier alpha value is -2.01. The first-order valence-electron chi connectivity index (χ1n) is 3.96. The maximum Gasteiger partial charge on any atom is 0.416 e. The summed E-state index contributed by atoms with van der Waals surface area (Å²) in [5, 5.41) is 17.1. The van der Waals surface area contributed by atoms with Crippen LogP contribution in [0.1, 0.15) is 17.0 Å². The second-order valence-corrected chi connectivity index (χ2v) is 2.78. The zero-order chi connectivity index (χ0) is 11.5. The first-order chi connectivity index (χ1) is 7.00. The van der Waals surface area contributed by atoms with Gasteiger partial charge >= 0.3 is 6.18 Å². The third-order valence-electron chi connectivity index (χ3n) is 1.84. The molecule has 1 aromatic rings. The lowest BCUT2D eigenvalue weighted by Gasteiger charge is -2.12. The monoisotopic (exact) mass is 210 g/mol. The van der Waals surface area contributed by atoms with E-state index in [4.69, 9.17) is 10.5 Å². The second kappa shape index (κ2) is 4.02. The summed E-state index contributed by atoms with van der Waals surface area (Å²) in [5.41, 5.74) is -1.23. The number of alkyl halides is 3. The van der Waals surface area contributed by atoms with Crippen molar-refractivity contribution in [2.45, 2.75) is 12.1 Å². The second-order valence-electron chi connectivity index (χ2n) is 2.78. The van der Waals surface area contributed by atoms with Crippen LogP contribution in [0.25, 0.3) is 0 Å². The highest BCUT2D eigenvalue weighted by Gasteiger charge is 2.34. The molecule has 1 aromatic carbocycles. The maximum absolute atomic E-state index is 12.5. The molecule has 76 valence electrons. The Morgan fingerprint density at radius 1 is 1.07 bits per heavy atom. The van der Waals surface area contributed by atoms with Gasteiger partial charge in [-0.3, -0.25) is 0 Å². The standard InChI is InChI=1S/C10H5F3N2/c11-10(12,13)9-4-2-1-3-8(9)7(5-14)6-15/h1-4,7H. The normalized spacial score (nSPS) is 10.8. The molecule has 5 heteroatoms. The van der Waals surface area contributed by atoms with Gasteiger partial charge < -0.3 is 0 Å². The van der Waals surface area contributed by atoms with Gasteiger partial charge in [-0.15, -0.1) is 0 Å². The minimum atomic E-state index is -4.54. The van der Waals surface area contributed by atoms with E-state index in [-0.39, 0.29) is 5.56 Å². The van der Waals surface area contributed by atoms with E-state index in [1.807, 2.05) is 0 Å². The van der Waals surface area contributed by atoms with Crippen LogP contribution < -0.4 is 0 Å². The molecule has 0 radical (unpaired) electrons. The van der Waals surface area contributed by atoms with Crippen molar-refractivity contribution in [3.8, 4) is 12.1 Å². The number of nitrogens with zero attached hydrogens (tertiary/aromatic N) is 2. The van der Waals surface area contributed by atoms with Crippen molar-refractivity contribution >= 4 is 0 Å². The van der Waals surface area contributed by atoms with Gasteiger partial charge in [-0.05, 0) is 11.6 Å². The molecule has 0 N–H and O–H groups in total. The van der Waals surface area contributed by atoms with Gasteiger partial charge in [0.25, 0.3) is 0 Å². The minimum absolute atomic E-state index is 0.296. The van der Waals surface area contributed by atoms with Crippen LogP contribution in [0.4, 0.5) is 13.2 Å². The molecule has 0 bridgehead atoms. The van der Waals surface area contributed by atoms with Gasteiger partial charge in [-0.1, -0.05) is 18.2 Å². The first-order valence-corrected chi connectivity index (χ1v) is 3.96. The first kappa shape index (κ1) is 11.1. The van der Waals surface area contributed by atoms with Crippen LogP contribution in [0.5, 0.6) is 0 Å². The number of rotatable bonds is 1. The third kappa shape index (κ3) is 2.26. The van der Waals surface area contributed by atoms with Gasteiger partial charge in [-0.25, -0.2) is 0 Å². The highest BCUT2D eigenvalue weighted by atomic mass is 19.4. The zero-order valence-electron chi connectivity index (χ0n) is 7.42. The van der Waals surface area contributed by atoms with E-state index in [9.17, 15) is 13.2 Å². The average Bonchev–Trinajstić information content (AvgIpc) is 2.19. The molecule has 0 saturated heterocycles. The Labute approximate surface area is 84.2 Å². The van der Waals surface area contributed by atoms with Gasteiger partial charge in [0.1, 0.15) is 0 Å². The highest BCUT2D eigenvalue weighted by Crippen LogP contribution is 2.34. The fraction of sp³-hybridized carbons (Fsp3) is 0.200. The van der Waals surface area contributed by atoms with Crippen molar-refractivity contribution in [2.24, 2.45) is 0 Å². The van der Waals surface area contributed by atoms with Crippen molar-refractivity contribution in [3.05, 3.63) is 35.4 Å². The molecule has 0 aliphatic rings. The van der Waals surface area contributed by atoms with Gasteiger partial charge in [0.15, 0.2) is 5.92 Å². The van der Waals surface area contributed by atoms with E-state index < -0.39 is 17.7 Å². The molecule has 2 nitrogen and oxygen atoms in total. The summed E-state index contributed by atoms with van der Waals surface area (Å²) in [6, 6.07) is 7.62. The van der Waals surface area contributed by atoms with Crippen LogP contribution in [-0.4, -0.2) is 0 Å². The number of halogens is 3. The average molecular weight is 210 g/mol. The van der Waals surface area contributed by atoms with E-state index >= 15 is 0 Å². The molecular weight excluding hydrogens is 205 g/mol. The lowest BCUT2D eigenvalue weighted by Crippen LogP contribution is -2.10. The highest BCUT2D eigenvalue weighted by molar-refractivity contribution is 5.39. The third-order valence-corrected chi connectivity index (χ3v) is 1.84. The molecule has 0 heterocycles. The van der Waals surface area contributed by atoms with Crippen LogP contribution in [0, 0.1) is 22.7 Å². The summed E-state index contributed by atoms with van der Waals surface area (Å²) in [4.78, 5) is 0. The van der Waals surface area contributed by atoms with Crippen molar-refractivity contribution in [3.63, 3.8) is 0 Å². The fourth-order valence-corrected chi connectivity index (χ4v) is 1.17. The molecule has 0 fully saturated rings. The van der Waals surface area contributed by atoms with E-state index in [1.54, 1.807) is 0 Å². The van der Waals surface area contributed by atoms with Crippen LogP contribution in [0.3, 0.4) is 0 Å². The summed E-state index contributed by atoms with van der Waals surface area (Å²) in [6.45, 7) is 0. The molecule has 0 amide bonds. The van der Waals surface area contributed by atoms with E-state index in [2.05, 4.69) is 0 Å². The Balaban J connectivity index is 3.32. The fourth-order valence-electron chi connectivity index (χ4n) is 1.17. The van der Waals surface area contributed by atoms with Gasteiger partial charge in [-0.2, -0.15) is 23.7 Å². The molecule has 0 aromatic heterocycles. The number of nitriles is 2. The summed E-state index contributed by atoms with van der Waals surface area (Å²) < 4.78 is 37.4. The molecule has 0 unspecified atom stereocenters. The molecule has 0 spiro atoms. The zero-order valence-corrected chi connectivity index (χ0v) is 7.42. The van der Waals surface area contributed by atoms with Gasteiger partial charge in [0.2, 0.25) is 0 Å². The van der Waals surface area contributed by atoms with Crippen LogP contribution >= 0.6 is 0 Å². The van der Waals surface area contributed by atoms with Crippen molar-refractivity contribution in [2.75, 3.05) is 0 Å². The van der Waals surface area contributed by atoms with Crippen molar-refractivity contribution < 1.29 is 13.2 Å². The minimum Gasteiger partial charge on any atom is -0.196 e. The number of benzene rings is 1. The largest absolute Gasteiger partial charge is 0.416 e. The quantitative estimate of drug-likeness (QED) is 0.715. The smallest absolute Gasteiger partial charge is 0.196 e. The lowest BCUT2D eigenvalue weighted by atomic mass is 9.96. The molecule has 15 heavy (non-hydrogen) atoms. The van der Waals surface area contributed by atoms with Gasteiger partial charge in [0.05, 0.1) is 17.7 Å². The molecule has 1 rings (SSSR count). The van der Waals surface area contributed by atoms with Crippen LogP contribution in [-0.2, 0) is 6.18 Å². The molecule has 0 atom stereocenters. The van der Waals surface area contributed by atoms with Crippen LogP contribution in [0.15, 0.2) is 24.3 Å². The lowest BCUT2D eigenvalue weighted by molar-refractivity contribution is -0.138. The predicted octanol–water partition coefficient (Wildman–Crippen LogP) is 2.84. The summed E-state index contributed by atoms with van der Waals surface area (Å²) >= 11 is 0. The Kier molecular flexibility index (Phi) is 2.96. The molecule has 0 aliphatic carbocycles. The Bertz CT molecular complexity index is 423. The molecule has 0 saturated carbocycles. The van der Waals surface area contributed by atoms with E-state index in [0.717, 1.165) is 12.1 Å². The predicted molar refractivity (Wildman–Crippen MR) is 45.4 cm³/mol.